The third-order valence-electron chi connectivity index (χ3n) is 3.31. The van der Waals surface area contributed by atoms with Gasteiger partial charge in [-0.1, -0.05) is 37.2 Å². The molecule has 0 spiro atoms. The number of alkyl halides is 3. The van der Waals surface area contributed by atoms with Crippen molar-refractivity contribution < 1.29 is 13.2 Å². The molecule has 2 rings (SSSR count). The summed E-state index contributed by atoms with van der Waals surface area (Å²) < 4.78 is 39.8. The van der Waals surface area contributed by atoms with Gasteiger partial charge in [-0.25, -0.2) is 4.98 Å². The predicted octanol–water partition coefficient (Wildman–Crippen LogP) is 4.24. The quantitative estimate of drug-likeness (QED) is 0.607. The number of para-hydroxylation sites is 1. The van der Waals surface area contributed by atoms with Crippen molar-refractivity contribution in [1.29, 1.82) is 0 Å². The van der Waals surface area contributed by atoms with Crippen LogP contribution in [-0.2, 0) is 6.54 Å². The molecule has 0 saturated carbocycles. The van der Waals surface area contributed by atoms with Crippen LogP contribution >= 0.6 is 11.8 Å². The molecule has 120 valence electrons. The molecule has 0 aliphatic heterocycles. The Labute approximate surface area is 130 Å². The van der Waals surface area contributed by atoms with Gasteiger partial charge in [0, 0.05) is 6.54 Å². The van der Waals surface area contributed by atoms with E-state index in [0.717, 1.165) is 13.3 Å². The lowest BCUT2D eigenvalue weighted by molar-refractivity contribution is -0.125. The monoisotopic (exact) mass is 330 g/mol. The number of rotatable bonds is 5. The van der Waals surface area contributed by atoms with Crippen molar-refractivity contribution in [3.8, 4) is 0 Å². The van der Waals surface area contributed by atoms with E-state index in [0.29, 0.717) is 35.6 Å². The van der Waals surface area contributed by atoms with E-state index in [2.05, 4.69) is 4.98 Å². The summed E-state index contributed by atoms with van der Waals surface area (Å²) in [4.78, 5) is 16.8. The zero-order valence-corrected chi connectivity index (χ0v) is 13.2. The van der Waals surface area contributed by atoms with E-state index in [1.165, 1.54) is 4.57 Å². The molecule has 7 heteroatoms. The number of hydrogen-bond donors (Lipinski definition) is 0. The van der Waals surface area contributed by atoms with Gasteiger partial charge in [-0.15, -0.1) is 0 Å². The predicted molar refractivity (Wildman–Crippen MR) is 82.3 cm³/mol. The Hall–Kier alpha value is -1.50. The zero-order valence-electron chi connectivity index (χ0n) is 12.4. The van der Waals surface area contributed by atoms with E-state index < -0.39 is 11.4 Å². The number of unbranched alkanes of at least 4 members (excludes halogenated alkanes) is 1. The Bertz CT molecular complexity index is 712. The van der Waals surface area contributed by atoms with Gasteiger partial charge in [0.2, 0.25) is 0 Å². The summed E-state index contributed by atoms with van der Waals surface area (Å²) in [6.45, 7) is 3.42. The number of nitrogens with zero attached hydrogens (tertiary/aromatic N) is 2. The number of fused-ring (bicyclic) bond motifs is 1. The van der Waals surface area contributed by atoms with E-state index in [4.69, 9.17) is 0 Å². The maximum absolute atomic E-state index is 12.8. The van der Waals surface area contributed by atoms with E-state index >= 15 is 0 Å². The highest BCUT2D eigenvalue weighted by atomic mass is 32.2. The van der Waals surface area contributed by atoms with Crippen molar-refractivity contribution >= 4 is 22.7 Å². The molecule has 1 aromatic carbocycles. The van der Waals surface area contributed by atoms with Crippen molar-refractivity contribution in [2.45, 2.75) is 49.8 Å². The van der Waals surface area contributed by atoms with Crippen molar-refractivity contribution in [3.05, 3.63) is 34.6 Å². The summed E-state index contributed by atoms with van der Waals surface area (Å²) in [7, 11) is 0. The Kier molecular flexibility index (Phi) is 5.16. The first-order valence-electron chi connectivity index (χ1n) is 7.07. The van der Waals surface area contributed by atoms with Gasteiger partial charge in [0.05, 0.1) is 10.9 Å². The van der Waals surface area contributed by atoms with Crippen LogP contribution in [0.3, 0.4) is 0 Å². The summed E-state index contributed by atoms with van der Waals surface area (Å²) in [5, 5.41) is -1.06. The minimum atomic E-state index is -4.33. The van der Waals surface area contributed by atoms with Crippen LogP contribution in [0.1, 0.15) is 26.7 Å². The fourth-order valence-electron chi connectivity index (χ4n) is 1.98. The second kappa shape index (κ2) is 6.73. The molecule has 1 heterocycles. The molecule has 0 N–H and O–H groups in total. The lowest BCUT2D eigenvalue weighted by Crippen LogP contribution is -2.27. The molecule has 1 atom stereocenters. The molecular formula is C15H17F3N2OS. The van der Waals surface area contributed by atoms with Gasteiger partial charge >= 0.3 is 6.18 Å². The smallest absolute Gasteiger partial charge is 0.287 e. The highest BCUT2D eigenvalue weighted by Crippen LogP contribution is 2.34. The SMILES string of the molecule is CCCCn1c(SC(C)C(F)(F)F)nc2ccccc2c1=O. The summed E-state index contributed by atoms with van der Waals surface area (Å²) in [6.07, 6.45) is -2.77. The second-order valence-electron chi connectivity index (χ2n) is 5.02. The number of benzene rings is 1. The van der Waals surface area contributed by atoms with E-state index in [1.807, 2.05) is 6.92 Å². The molecule has 1 aromatic heterocycles. The normalized spacial score (nSPS) is 13.5. The molecule has 0 aliphatic carbocycles. The third-order valence-corrected chi connectivity index (χ3v) is 4.45. The summed E-state index contributed by atoms with van der Waals surface area (Å²) >= 11 is 0.583. The van der Waals surface area contributed by atoms with Crippen molar-refractivity contribution in [3.63, 3.8) is 0 Å². The van der Waals surface area contributed by atoms with E-state index in [1.54, 1.807) is 24.3 Å². The second-order valence-corrected chi connectivity index (χ2v) is 6.33. The summed E-state index contributed by atoms with van der Waals surface area (Å²) in [6, 6.07) is 6.73. The number of aromatic nitrogens is 2. The molecule has 0 bridgehead atoms. The first kappa shape index (κ1) is 16.9. The number of halogens is 3. The van der Waals surface area contributed by atoms with Gasteiger partial charge in [0.15, 0.2) is 5.16 Å². The fraction of sp³-hybridized carbons (Fsp3) is 0.467. The van der Waals surface area contributed by atoms with Crippen molar-refractivity contribution in [2.24, 2.45) is 0 Å². The van der Waals surface area contributed by atoms with Crippen molar-refractivity contribution in [1.82, 2.24) is 9.55 Å². The van der Waals surface area contributed by atoms with Gasteiger partial charge in [-0.2, -0.15) is 13.2 Å². The molecule has 0 radical (unpaired) electrons. The molecule has 22 heavy (non-hydrogen) atoms. The summed E-state index contributed by atoms with van der Waals surface area (Å²) in [5.74, 6) is 0. The molecule has 1 unspecified atom stereocenters. The topological polar surface area (TPSA) is 34.9 Å². The Morgan fingerprint density at radius 3 is 2.64 bits per heavy atom. The lowest BCUT2D eigenvalue weighted by Gasteiger charge is -2.18. The minimum Gasteiger partial charge on any atom is -0.287 e. The fourth-order valence-corrected chi connectivity index (χ4v) is 2.88. The van der Waals surface area contributed by atoms with E-state index in [9.17, 15) is 18.0 Å². The minimum absolute atomic E-state index is 0.127. The van der Waals surface area contributed by atoms with Gasteiger partial charge in [0.25, 0.3) is 5.56 Å². The van der Waals surface area contributed by atoms with Crippen LogP contribution in [0.25, 0.3) is 10.9 Å². The van der Waals surface area contributed by atoms with Gasteiger partial charge in [-0.3, -0.25) is 9.36 Å². The number of thioether (sulfide) groups is 1. The first-order chi connectivity index (χ1) is 10.3. The van der Waals surface area contributed by atoms with Crippen molar-refractivity contribution in [2.75, 3.05) is 0 Å². The average Bonchev–Trinajstić information content (AvgIpc) is 2.46. The lowest BCUT2D eigenvalue weighted by atomic mass is 10.2. The van der Waals surface area contributed by atoms with Crippen LogP contribution in [0.15, 0.2) is 34.2 Å². The largest absolute Gasteiger partial charge is 0.400 e. The summed E-state index contributed by atoms with van der Waals surface area (Å²) in [5.41, 5.74) is 0.146. The van der Waals surface area contributed by atoms with Crippen LogP contribution in [0.5, 0.6) is 0 Å². The molecular weight excluding hydrogens is 313 g/mol. The molecule has 0 amide bonds. The zero-order chi connectivity index (χ0) is 16.3. The molecule has 0 fully saturated rings. The standard InChI is InChI=1S/C15H17F3N2OS/c1-3-4-9-20-13(21)11-7-5-6-8-12(11)19-14(20)22-10(2)15(16,17)18/h5-8,10H,3-4,9H2,1-2H3. The maximum Gasteiger partial charge on any atom is 0.400 e. The molecule has 0 aliphatic rings. The Morgan fingerprint density at radius 1 is 1.32 bits per heavy atom. The van der Waals surface area contributed by atoms with Crippen LogP contribution in [-0.4, -0.2) is 21.0 Å². The van der Waals surface area contributed by atoms with Gasteiger partial charge in [0.1, 0.15) is 5.25 Å². The van der Waals surface area contributed by atoms with Crippen LogP contribution in [0, 0.1) is 0 Å². The van der Waals surface area contributed by atoms with Crippen LogP contribution in [0.4, 0.5) is 13.2 Å². The van der Waals surface area contributed by atoms with Gasteiger partial charge < -0.3 is 0 Å². The third kappa shape index (κ3) is 3.63. The Morgan fingerprint density at radius 2 is 2.00 bits per heavy atom. The van der Waals surface area contributed by atoms with Crippen LogP contribution in [0.2, 0.25) is 0 Å². The van der Waals surface area contributed by atoms with Crippen LogP contribution < -0.4 is 5.56 Å². The van der Waals surface area contributed by atoms with Gasteiger partial charge in [-0.05, 0) is 25.5 Å². The highest BCUT2D eigenvalue weighted by Gasteiger charge is 2.37. The molecule has 3 nitrogen and oxygen atoms in total. The van der Waals surface area contributed by atoms with E-state index in [-0.39, 0.29) is 10.7 Å². The molecule has 2 aromatic rings. The Balaban J connectivity index is 2.52. The highest BCUT2D eigenvalue weighted by molar-refractivity contribution is 7.99. The number of hydrogen-bond acceptors (Lipinski definition) is 3. The maximum atomic E-state index is 12.8. The first-order valence-corrected chi connectivity index (χ1v) is 7.95. The average molecular weight is 330 g/mol. The molecule has 0 saturated heterocycles.